The minimum atomic E-state index is 0.186. The zero-order valence-electron chi connectivity index (χ0n) is 12.0. The Morgan fingerprint density at radius 3 is 2.26 bits per heavy atom. The number of aromatic hydroxyl groups is 1. The minimum absolute atomic E-state index is 0.186. The number of rotatable bonds is 5. The van der Waals surface area contributed by atoms with Crippen LogP contribution in [0.4, 0.5) is 0 Å². The standard InChI is InChI=1S/C16H22N2O/c1-4-6-14-15(7-5-2)18(17-16(14)19)13-10-8-12(3)9-11-13/h8-11H,4-7H2,1-3H3,(H,17,19). The van der Waals surface area contributed by atoms with Crippen molar-refractivity contribution in [2.45, 2.75) is 46.5 Å². The fraction of sp³-hybridized carbons (Fsp3) is 0.438. The van der Waals surface area contributed by atoms with Gasteiger partial charge in [-0.2, -0.15) is 0 Å². The van der Waals surface area contributed by atoms with E-state index in [4.69, 9.17) is 0 Å². The third kappa shape index (κ3) is 2.80. The number of hydrogen-bond donors (Lipinski definition) is 1. The molecule has 1 aromatic heterocycles. The summed E-state index contributed by atoms with van der Waals surface area (Å²) in [6.07, 6.45) is 3.89. The molecule has 0 aliphatic carbocycles. The molecule has 0 unspecified atom stereocenters. The second-order valence-corrected chi connectivity index (χ2v) is 5.00. The van der Waals surface area contributed by atoms with Crippen LogP contribution >= 0.6 is 0 Å². The average molecular weight is 258 g/mol. The van der Waals surface area contributed by atoms with Gasteiger partial charge in [-0.15, -0.1) is 5.10 Å². The first-order valence-corrected chi connectivity index (χ1v) is 7.04. The van der Waals surface area contributed by atoms with Crippen LogP contribution in [-0.4, -0.2) is 14.9 Å². The maximum Gasteiger partial charge on any atom is 0.234 e. The minimum Gasteiger partial charge on any atom is -0.492 e. The van der Waals surface area contributed by atoms with E-state index in [-0.39, 0.29) is 5.88 Å². The Morgan fingerprint density at radius 2 is 1.68 bits per heavy atom. The molecule has 19 heavy (non-hydrogen) atoms. The van der Waals surface area contributed by atoms with Crippen molar-refractivity contribution in [2.24, 2.45) is 0 Å². The van der Waals surface area contributed by atoms with Crippen molar-refractivity contribution in [1.29, 1.82) is 0 Å². The summed E-state index contributed by atoms with van der Waals surface area (Å²) in [4.78, 5) is 0. The van der Waals surface area contributed by atoms with Crippen LogP contribution in [0.2, 0.25) is 0 Å². The maximum absolute atomic E-state index is 10.1. The van der Waals surface area contributed by atoms with Gasteiger partial charge >= 0.3 is 0 Å². The Morgan fingerprint density at radius 1 is 1.05 bits per heavy atom. The van der Waals surface area contributed by atoms with Crippen LogP contribution in [0.5, 0.6) is 5.88 Å². The van der Waals surface area contributed by atoms with Gasteiger partial charge in [-0.3, -0.25) is 0 Å². The first-order chi connectivity index (χ1) is 9.17. The lowest BCUT2D eigenvalue weighted by Gasteiger charge is -2.08. The molecule has 0 atom stereocenters. The molecular formula is C16H22N2O. The topological polar surface area (TPSA) is 38.1 Å². The highest BCUT2D eigenvalue weighted by atomic mass is 16.3. The van der Waals surface area contributed by atoms with Crippen molar-refractivity contribution >= 4 is 0 Å². The third-order valence-corrected chi connectivity index (χ3v) is 3.33. The molecule has 0 aliphatic rings. The van der Waals surface area contributed by atoms with Crippen molar-refractivity contribution in [3.63, 3.8) is 0 Å². The summed E-state index contributed by atoms with van der Waals surface area (Å²) in [5.41, 5.74) is 4.40. The van der Waals surface area contributed by atoms with Crippen LogP contribution in [0.15, 0.2) is 24.3 Å². The fourth-order valence-corrected chi connectivity index (χ4v) is 2.37. The van der Waals surface area contributed by atoms with Crippen molar-refractivity contribution < 1.29 is 5.11 Å². The smallest absolute Gasteiger partial charge is 0.234 e. The quantitative estimate of drug-likeness (QED) is 0.886. The van der Waals surface area contributed by atoms with Crippen LogP contribution in [0.25, 0.3) is 5.69 Å². The highest BCUT2D eigenvalue weighted by Crippen LogP contribution is 2.26. The van der Waals surface area contributed by atoms with Gasteiger partial charge in [-0.25, -0.2) is 4.68 Å². The zero-order chi connectivity index (χ0) is 13.8. The second kappa shape index (κ2) is 5.91. The van der Waals surface area contributed by atoms with Gasteiger partial charge in [0.15, 0.2) is 0 Å². The summed E-state index contributed by atoms with van der Waals surface area (Å²) < 4.78 is 1.89. The summed E-state index contributed by atoms with van der Waals surface area (Å²) in [5, 5.41) is 14.4. The molecule has 1 N–H and O–H groups in total. The average Bonchev–Trinajstić information content (AvgIpc) is 2.70. The highest BCUT2D eigenvalue weighted by Gasteiger charge is 2.16. The Balaban J connectivity index is 2.49. The second-order valence-electron chi connectivity index (χ2n) is 5.00. The van der Waals surface area contributed by atoms with Crippen molar-refractivity contribution in [3.8, 4) is 11.6 Å². The van der Waals surface area contributed by atoms with Crippen LogP contribution in [0, 0.1) is 6.92 Å². The molecule has 0 fully saturated rings. The van der Waals surface area contributed by atoms with E-state index < -0.39 is 0 Å². The van der Waals surface area contributed by atoms with E-state index in [1.165, 1.54) is 5.56 Å². The summed E-state index contributed by atoms with van der Waals surface area (Å²) in [7, 11) is 0. The zero-order valence-corrected chi connectivity index (χ0v) is 12.0. The van der Waals surface area contributed by atoms with Gasteiger partial charge in [0.2, 0.25) is 5.88 Å². The largest absolute Gasteiger partial charge is 0.492 e. The van der Waals surface area contributed by atoms with Gasteiger partial charge in [-0.05, 0) is 31.9 Å². The Hall–Kier alpha value is -1.77. The molecule has 0 saturated carbocycles. The van der Waals surface area contributed by atoms with E-state index in [0.717, 1.165) is 42.6 Å². The van der Waals surface area contributed by atoms with Gasteiger partial charge in [0.05, 0.1) is 11.4 Å². The molecule has 0 saturated heterocycles. The lowest BCUT2D eigenvalue weighted by molar-refractivity contribution is 0.442. The van der Waals surface area contributed by atoms with E-state index in [9.17, 15) is 5.11 Å². The van der Waals surface area contributed by atoms with Crippen LogP contribution in [-0.2, 0) is 12.8 Å². The van der Waals surface area contributed by atoms with Gasteiger partial charge in [-0.1, -0.05) is 44.4 Å². The molecule has 3 nitrogen and oxygen atoms in total. The predicted octanol–water partition coefficient (Wildman–Crippen LogP) is 3.79. The predicted molar refractivity (Wildman–Crippen MR) is 78.0 cm³/mol. The Kier molecular flexibility index (Phi) is 4.25. The Labute approximate surface area is 114 Å². The maximum atomic E-state index is 10.1. The van der Waals surface area contributed by atoms with Crippen molar-refractivity contribution in [3.05, 3.63) is 41.1 Å². The first-order valence-electron chi connectivity index (χ1n) is 7.04. The summed E-state index contributed by atoms with van der Waals surface area (Å²) in [5.74, 6) is 0.186. The molecule has 1 aromatic carbocycles. The number of nitrogens with zero attached hydrogens (tertiary/aromatic N) is 2. The van der Waals surface area contributed by atoms with Gasteiger partial charge in [0.25, 0.3) is 0 Å². The van der Waals surface area contributed by atoms with Crippen molar-refractivity contribution in [2.75, 3.05) is 0 Å². The molecule has 0 spiro atoms. The van der Waals surface area contributed by atoms with E-state index in [2.05, 4.69) is 50.1 Å². The lowest BCUT2D eigenvalue weighted by atomic mass is 10.1. The number of aryl methyl sites for hydroxylation is 1. The van der Waals surface area contributed by atoms with E-state index >= 15 is 0 Å². The van der Waals surface area contributed by atoms with Crippen LogP contribution < -0.4 is 0 Å². The Bertz CT molecular complexity index is 541. The van der Waals surface area contributed by atoms with Crippen molar-refractivity contribution in [1.82, 2.24) is 9.78 Å². The molecule has 2 aromatic rings. The van der Waals surface area contributed by atoms with Gasteiger partial charge in [0, 0.05) is 5.56 Å². The van der Waals surface area contributed by atoms with Crippen LogP contribution in [0.3, 0.4) is 0 Å². The summed E-state index contributed by atoms with van der Waals surface area (Å²) in [6.45, 7) is 6.34. The highest BCUT2D eigenvalue weighted by molar-refractivity contribution is 5.41. The van der Waals surface area contributed by atoms with E-state index in [0.29, 0.717) is 0 Å². The number of benzene rings is 1. The van der Waals surface area contributed by atoms with Crippen LogP contribution in [0.1, 0.15) is 43.5 Å². The molecule has 1 heterocycles. The van der Waals surface area contributed by atoms with E-state index in [1.807, 2.05) is 4.68 Å². The summed E-state index contributed by atoms with van der Waals surface area (Å²) >= 11 is 0. The molecule has 0 aliphatic heterocycles. The summed E-state index contributed by atoms with van der Waals surface area (Å²) in [6, 6.07) is 8.25. The number of aromatic nitrogens is 2. The SMILES string of the molecule is CCCc1c(O)nn(-c2ccc(C)cc2)c1CCC. The van der Waals surface area contributed by atoms with Gasteiger partial charge in [0.1, 0.15) is 0 Å². The van der Waals surface area contributed by atoms with E-state index in [1.54, 1.807) is 0 Å². The lowest BCUT2D eigenvalue weighted by Crippen LogP contribution is -2.03. The fourth-order valence-electron chi connectivity index (χ4n) is 2.37. The molecule has 3 heteroatoms. The molecule has 0 amide bonds. The molecule has 0 bridgehead atoms. The molecule has 102 valence electrons. The normalized spacial score (nSPS) is 10.9. The molecular weight excluding hydrogens is 236 g/mol. The monoisotopic (exact) mass is 258 g/mol. The number of hydrogen-bond acceptors (Lipinski definition) is 2. The first kappa shape index (κ1) is 13.7. The van der Waals surface area contributed by atoms with Gasteiger partial charge < -0.3 is 5.11 Å². The third-order valence-electron chi connectivity index (χ3n) is 3.33. The molecule has 0 radical (unpaired) electrons. The molecule has 2 rings (SSSR count).